The van der Waals surface area contributed by atoms with Crippen molar-refractivity contribution in [1.29, 1.82) is 0 Å². The molecule has 0 N–H and O–H groups in total. The van der Waals surface area contributed by atoms with E-state index in [1.807, 2.05) is 41.1 Å². The van der Waals surface area contributed by atoms with Gasteiger partial charge in [0.15, 0.2) is 5.78 Å². The van der Waals surface area contributed by atoms with Gasteiger partial charge in [-0.1, -0.05) is 79.0 Å². The molecule has 2 saturated heterocycles. The number of Topliss-reactive ketones (excluding diaryl/α,β-unsaturated/α-hetero) is 1. The Bertz CT molecular complexity index is 1510. The number of carbonyl (C=O) groups is 2. The van der Waals surface area contributed by atoms with Gasteiger partial charge in [-0.15, -0.1) is 0 Å². The molecule has 0 spiro atoms. The summed E-state index contributed by atoms with van der Waals surface area (Å²) in [5.74, 6) is -1.56. The fraction of sp³-hybridized carbons (Fsp3) is 0.226. The average Bonchev–Trinajstić information content (AvgIpc) is 3.52. The molecule has 39 heavy (non-hydrogen) atoms. The zero-order valence-electron chi connectivity index (χ0n) is 21.1. The van der Waals surface area contributed by atoms with Gasteiger partial charge in [0, 0.05) is 35.8 Å². The summed E-state index contributed by atoms with van der Waals surface area (Å²) in [5, 5.41) is 4.36. The van der Waals surface area contributed by atoms with E-state index in [9.17, 15) is 9.59 Å². The van der Waals surface area contributed by atoms with Gasteiger partial charge in [-0.2, -0.15) is 11.3 Å². The topological polar surface area (TPSA) is 49.9 Å². The lowest BCUT2D eigenvalue weighted by Crippen LogP contribution is -2.54. The lowest BCUT2D eigenvalue weighted by Gasteiger charge is -2.46. The highest BCUT2D eigenvalue weighted by molar-refractivity contribution is 7.78. The number of rotatable bonds is 5. The van der Waals surface area contributed by atoms with Crippen LogP contribution in [-0.2, 0) is 19.9 Å². The fourth-order valence-corrected chi connectivity index (χ4v) is 7.12. The van der Waals surface area contributed by atoms with E-state index in [1.165, 1.54) is 15.6 Å². The van der Waals surface area contributed by atoms with E-state index in [2.05, 4.69) is 29.2 Å². The lowest BCUT2D eigenvalue weighted by molar-refractivity contribution is -0.142. The van der Waals surface area contributed by atoms with Crippen molar-refractivity contribution in [2.45, 2.75) is 17.9 Å². The first-order valence-electron chi connectivity index (χ1n) is 12.9. The molecule has 2 aliphatic heterocycles. The number of ether oxygens (including phenoxy) is 1. The Morgan fingerprint density at radius 2 is 1.67 bits per heavy atom. The minimum atomic E-state index is -1.07. The van der Waals surface area contributed by atoms with E-state index in [0.717, 1.165) is 41.0 Å². The van der Waals surface area contributed by atoms with Crippen LogP contribution in [0.3, 0.4) is 0 Å². The smallest absolute Gasteiger partial charge is 0.248 e. The Morgan fingerprint density at radius 3 is 2.38 bits per heavy atom. The van der Waals surface area contributed by atoms with Crippen molar-refractivity contribution in [3.63, 3.8) is 0 Å². The van der Waals surface area contributed by atoms with Crippen LogP contribution in [0.1, 0.15) is 29.0 Å². The third kappa shape index (κ3) is 4.57. The molecule has 3 aromatic carbocycles. The number of carbonyl (C=O) groups excluding carboxylic acids is 2. The number of ketones is 1. The first-order valence-corrected chi connectivity index (χ1v) is 14.6. The maximum Gasteiger partial charge on any atom is 0.248 e. The number of piperidine rings is 1. The second-order valence-electron chi connectivity index (χ2n) is 9.82. The first kappa shape index (κ1) is 26.1. The Labute approximate surface area is 242 Å². The Hall–Kier alpha value is -3.10. The van der Waals surface area contributed by atoms with Gasteiger partial charge in [0.25, 0.3) is 0 Å². The summed E-state index contributed by atoms with van der Waals surface area (Å²) in [6.45, 7) is 2.94. The number of halogens is 1. The number of benzene rings is 3. The SMILES string of the molecule is O=C1CC(c2ccsc2)(c2ccc(N3CCOCC3)c(-c3ccccc3)c2)N(S)C(=O)C1c1ccccc1Cl. The van der Waals surface area contributed by atoms with Gasteiger partial charge in [0.1, 0.15) is 11.5 Å². The molecule has 0 aliphatic carbocycles. The number of hydrogen-bond donors (Lipinski definition) is 1. The summed E-state index contributed by atoms with van der Waals surface area (Å²) in [6, 6.07) is 25.5. The molecule has 198 valence electrons. The maximum atomic E-state index is 14.0. The Kier molecular flexibility index (Phi) is 7.25. The molecule has 1 amide bonds. The van der Waals surface area contributed by atoms with Crippen LogP contribution < -0.4 is 4.90 Å². The van der Waals surface area contributed by atoms with Crippen molar-refractivity contribution in [2.24, 2.45) is 0 Å². The van der Waals surface area contributed by atoms with Crippen LogP contribution in [0.15, 0.2) is 89.6 Å². The first-order chi connectivity index (χ1) is 19.0. The van der Waals surface area contributed by atoms with Crippen molar-refractivity contribution in [2.75, 3.05) is 31.2 Å². The van der Waals surface area contributed by atoms with Gasteiger partial charge in [-0.3, -0.25) is 13.9 Å². The number of anilines is 1. The number of thiophene rings is 1. The quantitative estimate of drug-likeness (QED) is 0.216. The van der Waals surface area contributed by atoms with E-state index >= 15 is 0 Å². The van der Waals surface area contributed by atoms with E-state index < -0.39 is 11.5 Å². The second kappa shape index (κ2) is 10.8. The van der Waals surface area contributed by atoms with Gasteiger partial charge in [-0.25, -0.2) is 0 Å². The number of morpholine rings is 1. The minimum Gasteiger partial charge on any atom is -0.378 e. The monoisotopic (exact) mass is 574 g/mol. The summed E-state index contributed by atoms with van der Waals surface area (Å²) in [6.07, 6.45) is 0.0833. The van der Waals surface area contributed by atoms with Crippen molar-refractivity contribution in [1.82, 2.24) is 4.31 Å². The normalized spacial score (nSPS) is 21.8. The van der Waals surface area contributed by atoms with Crippen LogP contribution in [-0.4, -0.2) is 42.3 Å². The molecule has 6 rings (SSSR count). The molecule has 1 aromatic heterocycles. The summed E-state index contributed by atoms with van der Waals surface area (Å²) < 4.78 is 7.06. The van der Waals surface area contributed by atoms with Gasteiger partial charge < -0.3 is 9.64 Å². The standard InChI is InChI=1S/C31H27ClN2O3S2/c32-26-9-5-4-8-24(26)29-28(35)19-31(34(38)30(29)36,23-12-17-39-20-23)22-10-11-27(33-13-15-37-16-14-33)25(18-22)21-6-2-1-3-7-21/h1-12,17-18,20,29,38H,13-16,19H2. The molecule has 4 aromatic rings. The molecule has 2 unspecified atom stereocenters. The van der Waals surface area contributed by atoms with Crippen molar-refractivity contribution in [3.8, 4) is 11.1 Å². The molecule has 8 heteroatoms. The van der Waals surface area contributed by atoms with Crippen molar-refractivity contribution >= 4 is 53.1 Å². The predicted molar refractivity (Wildman–Crippen MR) is 160 cm³/mol. The van der Waals surface area contributed by atoms with Gasteiger partial charge in [0.2, 0.25) is 5.91 Å². The zero-order chi connectivity index (χ0) is 27.0. The molecule has 2 aliphatic rings. The predicted octanol–water partition coefficient (Wildman–Crippen LogP) is 6.58. The van der Waals surface area contributed by atoms with Gasteiger partial charge >= 0.3 is 0 Å². The van der Waals surface area contributed by atoms with E-state index in [-0.39, 0.29) is 18.1 Å². The van der Waals surface area contributed by atoms with Crippen LogP contribution in [0.5, 0.6) is 0 Å². The summed E-state index contributed by atoms with van der Waals surface area (Å²) in [4.78, 5) is 30.2. The number of nitrogens with zero attached hydrogens (tertiary/aromatic N) is 2. The third-order valence-electron chi connectivity index (χ3n) is 7.69. The highest BCUT2D eigenvalue weighted by Crippen LogP contribution is 2.49. The fourth-order valence-electron chi connectivity index (χ4n) is 5.73. The molecule has 0 radical (unpaired) electrons. The summed E-state index contributed by atoms with van der Waals surface area (Å²) in [7, 11) is 0. The molecular formula is C31H27ClN2O3S2. The molecule has 0 bridgehead atoms. The maximum absolute atomic E-state index is 14.0. The van der Waals surface area contributed by atoms with Gasteiger partial charge in [0.05, 0.1) is 13.2 Å². The number of thiol groups is 1. The second-order valence-corrected chi connectivity index (χ2v) is 11.4. The average molecular weight is 575 g/mol. The Balaban J connectivity index is 1.51. The molecule has 3 heterocycles. The van der Waals surface area contributed by atoms with E-state index in [1.54, 1.807) is 24.3 Å². The number of hydrogen-bond acceptors (Lipinski definition) is 6. The molecular weight excluding hydrogens is 548 g/mol. The highest BCUT2D eigenvalue weighted by atomic mass is 35.5. The third-order valence-corrected chi connectivity index (χ3v) is 9.26. The zero-order valence-corrected chi connectivity index (χ0v) is 23.6. The molecule has 5 nitrogen and oxygen atoms in total. The van der Waals surface area contributed by atoms with Gasteiger partial charge in [-0.05, 0) is 57.3 Å². The lowest BCUT2D eigenvalue weighted by atomic mass is 9.72. The largest absolute Gasteiger partial charge is 0.378 e. The van der Waals surface area contributed by atoms with Crippen molar-refractivity contribution in [3.05, 3.63) is 111 Å². The summed E-state index contributed by atoms with van der Waals surface area (Å²) in [5.41, 5.74) is 4.35. The van der Waals surface area contributed by atoms with Crippen LogP contribution >= 0.6 is 35.8 Å². The summed E-state index contributed by atoms with van der Waals surface area (Å²) >= 11 is 12.8. The molecule has 2 fully saturated rings. The minimum absolute atomic E-state index is 0.0833. The van der Waals surface area contributed by atoms with E-state index in [4.69, 9.17) is 29.2 Å². The molecule has 2 atom stereocenters. The molecule has 0 saturated carbocycles. The van der Waals surface area contributed by atoms with Crippen LogP contribution in [0.2, 0.25) is 5.02 Å². The highest BCUT2D eigenvalue weighted by Gasteiger charge is 2.53. The van der Waals surface area contributed by atoms with Crippen LogP contribution in [0.4, 0.5) is 5.69 Å². The Morgan fingerprint density at radius 1 is 0.923 bits per heavy atom. The van der Waals surface area contributed by atoms with Crippen LogP contribution in [0.25, 0.3) is 11.1 Å². The van der Waals surface area contributed by atoms with E-state index in [0.29, 0.717) is 23.8 Å². The number of amides is 1. The van der Waals surface area contributed by atoms with Crippen molar-refractivity contribution < 1.29 is 14.3 Å². The van der Waals surface area contributed by atoms with Crippen LogP contribution in [0, 0.1) is 0 Å².